The first kappa shape index (κ1) is 13.0. The third-order valence-electron chi connectivity index (χ3n) is 2.77. The van der Waals surface area contributed by atoms with Crippen LogP contribution >= 0.6 is 0 Å². The molecule has 3 nitrogen and oxygen atoms in total. The normalized spacial score (nSPS) is 20.6. The van der Waals surface area contributed by atoms with Crippen LogP contribution in [0.5, 0.6) is 11.5 Å². The van der Waals surface area contributed by atoms with E-state index in [9.17, 15) is 13.2 Å². The van der Waals surface area contributed by atoms with Gasteiger partial charge < -0.3 is 15.2 Å². The van der Waals surface area contributed by atoms with Gasteiger partial charge in [-0.15, -0.1) is 0 Å². The Hall–Kier alpha value is -1.43. The lowest BCUT2D eigenvalue weighted by atomic mass is 10.1. The Balaban J connectivity index is 1.92. The smallest absolute Gasteiger partial charge is 0.389 e. The van der Waals surface area contributed by atoms with Crippen molar-refractivity contribution in [3.05, 3.63) is 24.3 Å². The summed E-state index contributed by atoms with van der Waals surface area (Å²) in [4.78, 5) is 0. The second-order valence-electron chi connectivity index (χ2n) is 4.23. The van der Waals surface area contributed by atoms with E-state index in [0.29, 0.717) is 11.5 Å². The average Bonchev–Trinajstić information content (AvgIpc) is 2.34. The van der Waals surface area contributed by atoms with Crippen molar-refractivity contribution in [3.8, 4) is 11.5 Å². The number of hydrogen-bond donors (Lipinski definition) is 1. The minimum absolute atomic E-state index is 0.167. The molecule has 1 aromatic rings. The molecule has 0 spiro atoms. The summed E-state index contributed by atoms with van der Waals surface area (Å²) in [6.45, 7) is 0.177. The quantitative estimate of drug-likeness (QED) is 0.909. The molecule has 0 amide bonds. The molecule has 6 heteroatoms. The molecule has 2 N–H and O–H groups in total. The number of halogens is 3. The van der Waals surface area contributed by atoms with Gasteiger partial charge in [0.25, 0.3) is 0 Å². The molecular weight excluding hydrogens is 247 g/mol. The van der Waals surface area contributed by atoms with Gasteiger partial charge in [-0.1, -0.05) is 12.1 Å². The molecule has 1 aliphatic heterocycles. The van der Waals surface area contributed by atoms with Crippen molar-refractivity contribution >= 4 is 0 Å². The zero-order valence-corrected chi connectivity index (χ0v) is 9.61. The van der Waals surface area contributed by atoms with Gasteiger partial charge in [0.1, 0.15) is 12.7 Å². The van der Waals surface area contributed by atoms with Crippen molar-refractivity contribution in [1.82, 2.24) is 0 Å². The number of para-hydroxylation sites is 2. The molecule has 2 atom stereocenters. The van der Waals surface area contributed by atoms with Crippen molar-refractivity contribution in [2.75, 3.05) is 6.61 Å². The maximum absolute atomic E-state index is 12.1. The zero-order valence-electron chi connectivity index (χ0n) is 9.61. The number of alkyl halides is 3. The number of benzene rings is 1. The van der Waals surface area contributed by atoms with E-state index < -0.39 is 24.7 Å². The maximum atomic E-state index is 12.1. The minimum atomic E-state index is -4.19. The maximum Gasteiger partial charge on any atom is 0.389 e. The predicted octanol–water partition coefficient (Wildman–Crippen LogP) is 2.50. The van der Waals surface area contributed by atoms with Crippen LogP contribution in [0.25, 0.3) is 0 Å². The highest BCUT2D eigenvalue weighted by Gasteiger charge is 2.32. The predicted molar refractivity (Wildman–Crippen MR) is 59.6 cm³/mol. The first-order valence-electron chi connectivity index (χ1n) is 5.66. The second kappa shape index (κ2) is 5.06. The molecule has 1 aliphatic rings. The molecule has 0 bridgehead atoms. The molecule has 0 radical (unpaired) electrons. The van der Waals surface area contributed by atoms with E-state index in [4.69, 9.17) is 15.2 Å². The van der Waals surface area contributed by atoms with Crippen LogP contribution in [0.15, 0.2) is 24.3 Å². The first-order valence-corrected chi connectivity index (χ1v) is 5.66. The second-order valence-corrected chi connectivity index (χ2v) is 4.23. The van der Waals surface area contributed by atoms with Gasteiger partial charge in [-0.2, -0.15) is 13.2 Å². The van der Waals surface area contributed by atoms with Crippen LogP contribution in [0.4, 0.5) is 13.2 Å². The summed E-state index contributed by atoms with van der Waals surface area (Å²) in [5.74, 6) is 1.12. The fourth-order valence-electron chi connectivity index (χ4n) is 1.76. The third-order valence-corrected chi connectivity index (χ3v) is 2.77. The van der Waals surface area contributed by atoms with E-state index in [1.54, 1.807) is 24.3 Å². The van der Waals surface area contributed by atoms with Crippen molar-refractivity contribution < 1.29 is 22.6 Å². The van der Waals surface area contributed by atoms with E-state index in [1.165, 1.54) is 0 Å². The Morgan fingerprint density at radius 2 is 1.94 bits per heavy atom. The van der Waals surface area contributed by atoms with E-state index in [0.717, 1.165) is 0 Å². The molecule has 0 saturated heterocycles. The Kier molecular flexibility index (Phi) is 3.65. The highest BCUT2D eigenvalue weighted by molar-refractivity contribution is 5.40. The summed E-state index contributed by atoms with van der Waals surface area (Å²) in [6.07, 6.45) is -5.80. The van der Waals surface area contributed by atoms with Crippen LogP contribution in [0.1, 0.15) is 12.8 Å². The van der Waals surface area contributed by atoms with Gasteiger partial charge in [-0.05, 0) is 18.6 Å². The summed E-state index contributed by atoms with van der Waals surface area (Å²) in [7, 11) is 0. The van der Waals surface area contributed by atoms with Gasteiger partial charge >= 0.3 is 6.18 Å². The topological polar surface area (TPSA) is 44.5 Å². The van der Waals surface area contributed by atoms with Crippen LogP contribution < -0.4 is 15.2 Å². The number of hydrogen-bond acceptors (Lipinski definition) is 3. The monoisotopic (exact) mass is 261 g/mol. The molecular formula is C12H14F3NO2. The standard InChI is InChI=1S/C12H14F3NO2/c13-12(14,15)6-5-8(16)11-7-17-9-3-1-2-4-10(9)18-11/h1-4,8,11H,5-7,16H2. The Morgan fingerprint density at radius 1 is 1.28 bits per heavy atom. The van der Waals surface area contributed by atoms with Crippen molar-refractivity contribution in [1.29, 1.82) is 0 Å². The van der Waals surface area contributed by atoms with Crippen LogP contribution in [0.3, 0.4) is 0 Å². The Bertz CT molecular complexity index is 409. The van der Waals surface area contributed by atoms with Crippen molar-refractivity contribution in [2.24, 2.45) is 5.73 Å². The molecule has 0 aliphatic carbocycles. The van der Waals surface area contributed by atoms with E-state index in [-0.39, 0.29) is 13.0 Å². The van der Waals surface area contributed by atoms with Gasteiger partial charge in [0.15, 0.2) is 11.5 Å². The van der Waals surface area contributed by atoms with Gasteiger partial charge in [0.05, 0.1) is 0 Å². The molecule has 1 aromatic carbocycles. The highest BCUT2D eigenvalue weighted by atomic mass is 19.4. The highest BCUT2D eigenvalue weighted by Crippen LogP contribution is 2.32. The molecule has 0 fully saturated rings. The minimum Gasteiger partial charge on any atom is -0.486 e. The molecule has 0 saturated carbocycles. The van der Waals surface area contributed by atoms with Crippen molar-refractivity contribution in [3.63, 3.8) is 0 Å². The lowest BCUT2D eigenvalue weighted by Crippen LogP contribution is -2.45. The number of ether oxygens (including phenoxy) is 2. The van der Waals surface area contributed by atoms with Gasteiger partial charge in [-0.3, -0.25) is 0 Å². The van der Waals surface area contributed by atoms with Crippen LogP contribution in [-0.4, -0.2) is 24.9 Å². The summed E-state index contributed by atoms with van der Waals surface area (Å²) in [6, 6.07) is 6.32. The summed E-state index contributed by atoms with van der Waals surface area (Å²) in [5, 5.41) is 0. The Labute approximate surface area is 103 Å². The fourth-order valence-corrected chi connectivity index (χ4v) is 1.76. The lowest BCUT2D eigenvalue weighted by Gasteiger charge is -2.30. The van der Waals surface area contributed by atoms with Crippen LogP contribution in [0, 0.1) is 0 Å². The summed E-state index contributed by atoms with van der Waals surface area (Å²) < 4.78 is 47.2. The molecule has 1 heterocycles. The van der Waals surface area contributed by atoms with E-state index in [1.807, 2.05) is 0 Å². The largest absolute Gasteiger partial charge is 0.486 e. The van der Waals surface area contributed by atoms with E-state index >= 15 is 0 Å². The number of fused-ring (bicyclic) bond motifs is 1. The Morgan fingerprint density at radius 3 is 2.61 bits per heavy atom. The average molecular weight is 261 g/mol. The zero-order chi connectivity index (χ0) is 13.2. The lowest BCUT2D eigenvalue weighted by molar-refractivity contribution is -0.137. The summed E-state index contributed by atoms with van der Waals surface area (Å²) >= 11 is 0. The SMILES string of the molecule is NC(CCC(F)(F)F)C1COc2ccccc2O1. The van der Waals surface area contributed by atoms with Gasteiger partial charge in [0, 0.05) is 12.5 Å². The number of rotatable bonds is 3. The molecule has 2 unspecified atom stereocenters. The number of nitrogens with two attached hydrogens (primary N) is 1. The molecule has 0 aromatic heterocycles. The molecule has 100 valence electrons. The molecule has 2 rings (SSSR count). The van der Waals surface area contributed by atoms with E-state index in [2.05, 4.69) is 0 Å². The van der Waals surface area contributed by atoms with Gasteiger partial charge in [-0.25, -0.2) is 0 Å². The third kappa shape index (κ3) is 3.29. The first-order chi connectivity index (χ1) is 8.46. The van der Waals surface area contributed by atoms with Crippen LogP contribution in [0.2, 0.25) is 0 Å². The van der Waals surface area contributed by atoms with Gasteiger partial charge in [0.2, 0.25) is 0 Å². The van der Waals surface area contributed by atoms with Crippen LogP contribution in [-0.2, 0) is 0 Å². The fraction of sp³-hybridized carbons (Fsp3) is 0.500. The summed E-state index contributed by atoms with van der Waals surface area (Å²) in [5.41, 5.74) is 5.71. The molecule has 18 heavy (non-hydrogen) atoms. The van der Waals surface area contributed by atoms with Crippen molar-refractivity contribution in [2.45, 2.75) is 31.2 Å².